The average molecular weight is 286 g/mol. The topological polar surface area (TPSA) is 50.7 Å². The molecule has 0 aliphatic heterocycles. The van der Waals surface area contributed by atoms with E-state index in [0.29, 0.717) is 4.75 Å². The van der Waals surface area contributed by atoms with Crippen molar-refractivity contribution in [2.45, 2.75) is 24.5 Å². The van der Waals surface area contributed by atoms with Gasteiger partial charge in [0.2, 0.25) is 0 Å². The molecule has 3 rings (SSSR count). The first kappa shape index (κ1) is 13.4. The minimum atomic E-state index is 0.424. The van der Waals surface area contributed by atoms with Crippen LogP contribution in [0.2, 0.25) is 0 Å². The number of rotatable bonds is 5. The van der Waals surface area contributed by atoms with Crippen molar-refractivity contribution in [3.05, 3.63) is 36.3 Å². The molecule has 0 unspecified atom stereocenters. The monoisotopic (exact) mass is 286 g/mol. The van der Waals surface area contributed by atoms with Crippen LogP contribution >= 0.6 is 11.8 Å². The predicted molar refractivity (Wildman–Crippen MR) is 84.0 cm³/mol. The van der Waals surface area contributed by atoms with Crippen LogP contribution in [-0.4, -0.2) is 32.5 Å². The van der Waals surface area contributed by atoms with Crippen molar-refractivity contribution in [3.8, 4) is 11.4 Å². The molecule has 5 heteroatoms. The van der Waals surface area contributed by atoms with Crippen LogP contribution in [0.3, 0.4) is 0 Å². The Hall–Kier alpha value is -1.62. The Morgan fingerprint density at radius 3 is 2.85 bits per heavy atom. The van der Waals surface area contributed by atoms with Crippen LogP contribution in [0.5, 0.6) is 0 Å². The fourth-order valence-corrected chi connectivity index (χ4v) is 2.85. The first-order valence-corrected chi connectivity index (χ1v) is 7.98. The van der Waals surface area contributed by atoms with Crippen LogP contribution in [0.1, 0.15) is 18.5 Å². The van der Waals surface area contributed by atoms with Crippen LogP contribution in [0.15, 0.2) is 30.6 Å². The van der Waals surface area contributed by atoms with Gasteiger partial charge in [0.25, 0.3) is 0 Å². The third-order valence-corrected chi connectivity index (χ3v) is 5.02. The molecule has 0 bridgehead atoms. The van der Waals surface area contributed by atoms with Gasteiger partial charge in [0.1, 0.15) is 5.82 Å². The molecule has 1 aliphatic rings. The SMILES string of the molecule is CSC1(CNc2cc(C)nc(-c3cccnc3)n2)CC1. The van der Waals surface area contributed by atoms with Gasteiger partial charge in [-0.1, -0.05) is 0 Å². The van der Waals surface area contributed by atoms with Crippen molar-refractivity contribution >= 4 is 17.6 Å². The van der Waals surface area contributed by atoms with Crippen molar-refractivity contribution in [2.75, 3.05) is 18.1 Å². The van der Waals surface area contributed by atoms with Crippen molar-refractivity contribution in [2.24, 2.45) is 0 Å². The van der Waals surface area contributed by atoms with Gasteiger partial charge in [-0.05, 0) is 38.2 Å². The van der Waals surface area contributed by atoms with E-state index in [2.05, 4.69) is 26.5 Å². The summed E-state index contributed by atoms with van der Waals surface area (Å²) in [6.07, 6.45) is 8.32. The summed E-state index contributed by atoms with van der Waals surface area (Å²) in [6.45, 7) is 2.96. The Balaban J connectivity index is 1.80. The fourth-order valence-electron chi connectivity index (χ4n) is 2.13. The van der Waals surface area contributed by atoms with Gasteiger partial charge in [0.05, 0.1) is 0 Å². The number of nitrogens with one attached hydrogen (secondary N) is 1. The molecule has 1 aliphatic carbocycles. The highest BCUT2D eigenvalue weighted by Gasteiger charge is 2.41. The lowest BCUT2D eigenvalue weighted by molar-refractivity contribution is 0.935. The second kappa shape index (κ2) is 5.40. The fraction of sp³-hybridized carbons (Fsp3) is 0.400. The predicted octanol–water partition coefficient (Wildman–Crippen LogP) is 3.15. The number of aryl methyl sites for hydroxylation is 1. The molecular formula is C15H18N4S. The lowest BCUT2D eigenvalue weighted by Gasteiger charge is -2.14. The van der Waals surface area contributed by atoms with Gasteiger partial charge in [-0.25, -0.2) is 9.97 Å². The number of hydrogen-bond donors (Lipinski definition) is 1. The van der Waals surface area contributed by atoms with Crippen molar-refractivity contribution < 1.29 is 0 Å². The Morgan fingerprint density at radius 1 is 1.35 bits per heavy atom. The molecule has 0 atom stereocenters. The standard InChI is InChI=1S/C15H18N4S/c1-11-8-13(17-10-15(20-2)5-6-15)19-14(18-11)12-4-3-7-16-9-12/h3-4,7-9H,5-6,10H2,1-2H3,(H,17,18,19). The molecule has 0 radical (unpaired) electrons. The molecular weight excluding hydrogens is 268 g/mol. The summed E-state index contributed by atoms with van der Waals surface area (Å²) in [6, 6.07) is 5.88. The first-order valence-electron chi connectivity index (χ1n) is 6.76. The Kier molecular flexibility index (Phi) is 3.61. The largest absolute Gasteiger partial charge is 0.369 e. The number of aromatic nitrogens is 3. The molecule has 0 saturated heterocycles. The third kappa shape index (κ3) is 2.93. The van der Waals surface area contributed by atoms with E-state index in [4.69, 9.17) is 0 Å². The Labute approximate surface area is 123 Å². The molecule has 0 spiro atoms. The summed E-state index contributed by atoms with van der Waals surface area (Å²) >= 11 is 1.95. The van der Waals surface area contributed by atoms with Crippen LogP contribution in [0, 0.1) is 6.92 Å². The number of hydrogen-bond acceptors (Lipinski definition) is 5. The zero-order valence-electron chi connectivity index (χ0n) is 11.8. The summed E-state index contributed by atoms with van der Waals surface area (Å²) in [5.41, 5.74) is 1.92. The van der Waals surface area contributed by atoms with Crippen LogP contribution in [-0.2, 0) is 0 Å². The molecule has 2 aromatic heterocycles. The maximum atomic E-state index is 4.60. The Morgan fingerprint density at radius 2 is 2.20 bits per heavy atom. The van der Waals surface area contributed by atoms with E-state index in [-0.39, 0.29) is 0 Å². The van der Waals surface area contributed by atoms with Crippen molar-refractivity contribution in [3.63, 3.8) is 0 Å². The zero-order chi connectivity index (χ0) is 14.0. The first-order chi connectivity index (χ1) is 9.71. The van der Waals surface area contributed by atoms with Gasteiger partial charge < -0.3 is 5.32 Å². The maximum absolute atomic E-state index is 4.60. The van der Waals surface area contributed by atoms with E-state index in [1.807, 2.05) is 36.9 Å². The molecule has 1 fully saturated rings. The van der Waals surface area contributed by atoms with E-state index >= 15 is 0 Å². The van der Waals surface area contributed by atoms with Crippen LogP contribution < -0.4 is 5.32 Å². The lowest BCUT2D eigenvalue weighted by atomic mass is 10.2. The lowest BCUT2D eigenvalue weighted by Crippen LogP contribution is -2.18. The zero-order valence-corrected chi connectivity index (χ0v) is 12.6. The van der Waals surface area contributed by atoms with E-state index in [9.17, 15) is 0 Å². The van der Waals surface area contributed by atoms with Gasteiger partial charge >= 0.3 is 0 Å². The minimum Gasteiger partial charge on any atom is -0.369 e. The van der Waals surface area contributed by atoms with Gasteiger partial charge in [-0.3, -0.25) is 4.98 Å². The highest BCUT2D eigenvalue weighted by Crippen LogP contribution is 2.46. The van der Waals surface area contributed by atoms with Gasteiger partial charge in [0, 0.05) is 41.0 Å². The molecule has 2 heterocycles. The summed E-state index contributed by atoms with van der Waals surface area (Å²) < 4.78 is 0.424. The second-order valence-corrected chi connectivity index (χ2v) is 6.47. The molecule has 0 aromatic carbocycles. The number of pyridine rings is 1. The van der Waals surface area contributed by atoms with Gasteiger partial charge in [0.15, 0.2) is 5.82 Å². The van der Waals surface area contributed by atoms with Crippen molar-refractivity contribution in [1.82, 2.24) is 15.0 Å². The quantitative estimate of drug-likeness (QED) is 0.915. The average Bonchev–Trinajstić information content (AvgIpc) is 3.26. The molecule has 2 aromatic rings. The van der Waals surface area contributed by atoms with E-state index < -0.39 is 0 Å². The summed E-state index contributed by atoms with van der Waals surface area (Å²) in [5, 5.41) is 3.46. The van der Waals surface area contributed by atoms with Gasteiger partial charge in [-0.15, -0.1) is 0 Å². The number of thioether (sulfide) groups is 1. The highest BCUT2D eigenvalue weighted by atomic mass is 32.2. The highest BCUT2D eigenvalue weighted by molar-refractivity contribution is 8.00. The normalized spacial score (nSPS) is 15.9. The molecule has 0 amide bonds. The smallest absolute Gasteiger partial charge is 0.163 e. The molecule has 1 N–H and O–H groups in total. The van der Waals surface area contributed by atoms with E-state index in [1.54, 1.807) is 12.4 Å². The molecule has 104 valence electrons. The van der Waals surface area contributed by atoms with Crippen molar-refractivity contribution in [1.29, 1.82) is 0 Å². The van der Waals surface area contributed by atoms with E-state index in [1.165, 1.54) is 12.8 Å². The third-order valence-electron chi connectivity index (χ3n) is 3.61. The number of anilines is 1. The van der Waals surface area contributed by atoms with Crippen LogP contribution in [0.25, 0.3) is 11.4 Å². The molecule has 20 heavy (non-hydrogen) atoms. The minimum absolute atomic E-state index is 0.424. The summed E-state index contributed by atoms with van der Waals surface area (Å²) in [4.78, 5) is 13.2. The number of nitrogens with zero attached hydrogens (tertiary/aromatic N) is 3. The van der Waals surface area contributed by atoms with Crippen LogP contribution in [0.4, 0.5) is 5.82 Å². The summed E-state index contributed by atoms with van der Waals surface area (Å²) in [7, 11) is 0. The molecule has 1 saturated carbocycles. The maximum Gasteiger partial charge on any atom is 0.163 e. The summed E-state index contributed by atoms with van der Waals surface area (Å²) in [5.74, 6) is 1.63. The van der Waals surface area contributed by atoms with E-state index in [0.717, 1.165) is 29.4 Å². The second-order valence-electron chi connectivity index (χ2n) is 5.20. The van der Waals surface area contributed by atoms with Gasteiger partial charge in [-0.2, -0.15) is 11.8 Å². The molecule has 4 nitrogen and oxygen atoms in total. The Bertz CT molecular complexity index is 596.